The molecule has 2 aromatic rings. The Morgan fingerprint density at radius 1 is 1.21 bits per heavy atom. The maximum absolute atomic E-state index is 6.03. The first-order chi connectivity index (χ1) is 9.17. The van der Waals surface area contributed by atoms with Gasteiger partial charge >= 0.3 is 0 Å². The molecule has 100 valence electrons. The maximum atomic E-state index is 6.03. The Kier molecular flexibility index (Phi) is 5.23. The molecule has 0 saturated heterocycles. The lowest BCUT2D eigenvalue weighted by Gasteiger charge is -2.05. The van der Waals surface area contributed by atoms with E-state index in [4.69, 9.17) is 11.6 Å². The highest BCUT2D eigenvalue weighted by molar-refractivity contribution is 7.98. The minimum absolute atomic E-state index is 0.540. The molecular formula is C15H17ClN2S. The summed E-state index contributed by atoms with van der Waals surface area (Å²) in [6.07, 6.45) is 2.02. The maximum Gasteiger partial charge on any atom is 0.140 e. The molecule has 2 nitrogen and oxygen atoms in total. The van der Waals surface area contributed by atoms with E-state index in [1.165, 1.54) is 10.5 Å². The van der Waals surface area contributed by atoms with Crippen molar-refractivity contribution in [2.24, 2.45) is 0 Å². The number of rotatable bonds is 5. The Morgan fingerprint density at radius 2 is 2.05 bits per heavy atom. The van der Waals surface area contributed by atoms with Crippen molar-refractivity contribution in [1.29, 1.82) is 0 Å². The molecule has 0 fully saturated rings. The van der Waals surface area contributed by atoms with Crippen molar-refractivity contribution < 1.29 is 0 Å². The second kappa shape index (κ2) is 6.92. The summed E-state index contributed by atoms with van der Waals surface area (Å²) in [6, 6.07) is 10.3. The smallest absolute Gasteiger partial charge is 0.140 e. The topological polar surface area (TPSA) is 25.8 Å². The summed E-state index contributed by atoms with van der Waals surface area (Å²) in [5, 5.41) is 0.540. The second-order valence-corrected chi connectivity index (χ2v) is 5.89. The average Bonchev–Trinajstić information content (AvgIpc) is 2.36. The standard InChI is InChI=1S/C15H17ClN2S/c1-3-5-12-9-14(16)18-15(17-12)10-19-13-7-4-6-11(2)8-13/h4,6-9H,3,5,10H2,1-2H3. The first-order valence-corrected chi connectivity index (χ1v) is 7.75. The van der Waals surface area contributed by atoms with E-state index < -0.39 is 0 Å². The van der Waals surface area contributed by atoms with Crippen LogP contribution in [0, 0.1) is 6.92 Å². The van der Waals surface area contributed by atoms with Gasteiger partial charge in [0.1, 0.15) is 11.0 Å². The van der Waals surface area contributed by atoms with Crippen LogP contribution in [-0.4, -0.2) is 9.97 Å². The van der Waals surface area contributed by atoms with E-state index in [1.54, 1.807) is 11.8 Å². The summed E-state index contributed by atoms with van der Waals surface area (Å²) >= 11 is 7.77. The highest BCUT2D eigenvalue weighted by Gasteiger charge is 2.04. The number of benzene rings is 1. The molecular weight excluding hydrogens is 276 g/mol. The van der Waals surface area contributed by atoms with Gasteiger partial charge in [0.2, 0.25) is 0 Å². The van der Waals surface area contributed by atoms with Gasteiger partial charge in [-0.25, -0.2) is 9.97 Å². The van der Waals surface area contributed by atoms with Crippen molar-refractivity contribution in [1.82, 2.24) is 9.97 Å². The van der Waals surface area contributed by atoms with E-state index in [1.807, 2.05) is 6.07 Å². The van der Waals surface area contributed by atoms with Crippen LogP contribution in [0.2, 0.25) is 5.15 Å². The van der Waals surface area contributed by atoms with Gasteiger partial charge in [0.05, 0.1) is 5.75 Å². The molecule has 4 heteroatoms. The molecule has 0 aliphatic heterocycles. The molecule has 1 aromatic heterocycles. The Bertz CT molecular complexity index is 558. The van der Waals surface area contributed by atoms with Crippen LogP contribution in [0.3, 0.4) is 0 Å². The molecule has 0 aliphatic carbocycles. The van der Waals surface area contributed by atoms with Gasteiger partial charge in [-0.15, -0.1) is 11.8 Å². The third-order valence-corrected chi connectivity index (χ3v) is 3.84. The van der Waals surface area contributed by atoms with Gasteiger partial charge in [0, 0.05) is 10.6 Å². The van der Waals surface area contributed by atoms with E-state index in [9.17, 15) is 0 Å². The van der Waals surface area contributed by atoms with Crippen LogP contribution in [-0.2, 0) is 12.2 Å². The Hall–Kier alpha value is -1.06. The lowest BCUT2D eigenvalue weighted by Crippen LogP contribution is -1.98. The molecule has 0 N–H and O–H groups in total. The summed E-state index contributed by atoms with van der Waals surface area (Å²) < 4.78 is 0. The third kappa shape index (κ3) is 4.51. The second-order valence-electron chi connectivity index (χ2n) is 4.45. The first kappa shape index (κ1) is 14.4. The number of hydrogen-bond acceptors (Lipinski definition) is 3. The fourth-order valence-corrected chi connectivity index (χ4v) is 2.91. The molecule has 0 spiro atoms. The predicted octanol–water partition coefficient (Wildman–Crippen LogP) is 4.68. The van der Waals surface area contributed by atoms with Crippen molar-refractivity contribution >= 4 is 23.4 Å². The van der Waals surface area contributed by atoms with Gasteiger partial charge in [0.25, 0.3) is 0 Å². The number of aryl methyl sites for hydroxylation is 2. The molecule has 0 aliphatic rings. The molecule has 1 heterocycles. The molecule has 19 heavy (non-hydrogen) atoms. The fraction of sp³-hybridized carbons (Fsp3) is 0.333. The normalized spacial score (nSPS) is 10.7. The highest BCUT2D eigenvalue weighted by atomic mass is 35.5. The van der Waals surface area contributed by atoms with Crippen molar-refractivity contribution in [3.8, 4) is 0 Å². The zero-order chi connectivity index (χ0) is 13.7. The molecule has 0 amide bonds. The molecule has 1 aromatic carbocycles. The van der Waals surface area contributed by atoms with Crippen LogP contribution in [0.5, 0.6) is 0 Å². The van der Waals surface area contributed by atoms with Crippen LogP contribution < -0.4 is 0 Å². The Balaban J connectivity index is 2.06. The van der Waals surface area contributed by atoms with Crippen LogP contribution in [0.15, 0.2) is 35.2 Å². The molecule has 0 bridgehead atoms. The lowest BCUT2D eigenvalue weighted by molar-refractivity contribution is 0.853. The number of thioether (sulfide) groups is 1. The third-order valence-electron chi connectivity index (χ3n) is 2.66. The van der Waals surface area contributed by atoms with Gasteiger partial charge in [-0.3, -0.25) is 0 Å². The van der Waals surface area contributed by atoms with E-state index in [0.29, 0.717) is 5.15 Å². The zero-order valence-electron chi connectivity index (χ0n) is 11.2. The summed E-state index contributed by atoms with van der Waals surface area (Å²) in [7, 11) is 0. The van der Waals surface area contributed by atoms with Crippen molar-refractivity contribution in [2.45, 2.75) is 37.3 Å². The number of halogens is 1. The van der Waals surface area contributed by atoms with Crippen LogP contribution >= 0.6 is 23.4 Å². The van der Waals surface area contributed by atoms with E-state index in [0.717, 1.165) is 30.1 Å². The lowest BCUT2D eigenvalue weighted by atomic mass is 10.2. The summed E-state index contributed by atoms with van der Waals surface area (Å²) in [5.74, 6) is 1.56. The quantitative estimate of drug-likeness (QED) is 0.591. The largest absolute Gasteiger partial charge is 0.237 e. The summed E-state index contributed by atoms with van der Waals surface area (Å²) in [4.78, 5) is 10.1. The predicted molar refractivity (Wildman–Crippen MR) is 81.8 cm³/mol. The van der Waals surface area contributed by atoms with E-state index in [-0.39, 0.29) is 0 Å². The zero-order valence-corrected chi connectivity index (χ0v) is 12.8. The fourth-order valence-electron chi connectivity index (χ4n) is 1.82. The summed E-state index contributed by atoms with van der Waals surface area (Å²) in [5.41, 5.74) is 2.30. The highest BCUT2D eigenvalue weighted by Crippen LogP contribution is 2.23. The first-order valence-electron chi connectivity index (χ1n) is 6.39. The minimum atomic E-state index is 0.540. The monoisotopic (exact) mass is 292 g/mol. The minimum Gasteiger partial charge on any atom is -0.237 e. The van der Waals surface area contributed by atoms with Crippen LogP contribution in [0.4, 0.5) is 0 Å². The number of hydrogen-bond donors (Lipinski definition) is 0. The average molecular weight is 293 g/mol. The van der Waals surface area contributed by atoms with Crippen molar-refractivity contribution in [3.63, 3.8) is 0 Å². The van der Waals surface area contributed by atoms with Crippen molar-refractivity contribution in [2.75, 3.05) is 0 Å². The Labute approximate surface area is 123 Å². The van der Waals surface area contributed by atoms with Crippen molar-refractivity contribution in [3.05, 3.63) is 52.6 Å². The van der Waals surface area contributed by atoms with Gasteiger partial charge in [-0.2, -0.15) is 0 Å². The Morgan fingerprint density at radius 3 is 2.79 bits per heavy atom. The van der Waals surface area contributed by atoms with E-state index in [2.05, 4.69) is 48.1 Å². The van der Waals surface area contributed by atoms with Gasteiger partial charge in [-0.1, -0.05) is 42.6 Å². The molecule has 2 rings (SSSR count). The number of nitrogens with zero attached hydrogens (tertiary/aromatic N) is 2. The van der Waals surface area contributed by atoms with Gasteiger partial charge < -0.3 is 0 Å². The van der Waals surface area contributed by atoms with Gasteiger partial charge in [-0.05, 0) is 31.5 Å². The van der Waals surface area contributed by atoms with Gasteiger partial charge in [0.15, 0.2) is 0 Å². The van der Waals surface area contributed by atoms with E-state index >= 15 is 0 Å². The number of aromatic nitrogens is 2. The van der Waals surface area contributed by atoms with Crippen LogP contribution in [0.1, 0.15) is 30.4 Å². The molecule has 0 saturated carbocycles. The SMILES string of the molecule is CCCc1cc(Cl)nc(CSc2cccc(C)c2)n1. The van der Waals surface area contributed by atoms with Crippen LogP contribution in [0.25, 0.3) is 0 Å². The summed E-state index contributed by atoms with van der Waals surface area (Å²) in [6.45, 7) is 4.23. The molecule has 0 atom stereocenters. The molecule has 0 unspecified atom stereocenters. The molecule has 0 radical (unpaired) electrons.